The number of unbranched alkanes of at least 4 members (excludes halogenated alkanes) is 12. The Labute approximate surface area is 286 Å². The number of hydrogen-bond acceptors (Lipinski definition) is 11. The number of allylic oxidation sites excluding steroid dienone is 3. The van der Waals surface area contributed by atoms with Gasteiger partial charge in [-0.25, -0.2) is 4.57 Å². The van der Waals surface area contributed by atoms with Crippen molar-refractivity contribution in [3.05, 3.63) is 24.3 Å². The summed E-state index contributed by atoms with van der Waals surface area (Å²) in [4.78, 5) is 23.1. The van der Waals surface area contributed by atoms with E-state index in [0.29, 0.717) is 12.8 Å². The molecule has 0 heterocycles. The van der Waals surface area contributed by atoms with Gasteiger partial charge in [-0.15, -0.1) is 0 Å². The Kier molecular flexibility index (Phi) is 24.0. The fourth-order valence-electron chi connectivity index (χ4n) is 5.47. The van der Waals surface area contributed by atoms with Crippen molar-refractivity contribution in [2.45, 2.75) is 178 Å². The molecule has 8 unspecified atom stereocenters. The molecule has 14 heteroatoms. The fourth-order valence-corrected chi connectivity index (χ4v) is 6.43. The van der Waals surface area contributed by atoms with Crippen LogP contribution in [0.1, 0.15) is 123 Å². The molecule has 8 atom stereocenters. The van der Waals surface area contributed by atoms with Crippen LogP contribution in [0.4, 0.5) is 0 Å². The van der Waals surface area contributed by atoms with Gasteiger partial charge in [0.25, 0.3) is 0 Å². The Bertz CT molecular complexity index is 937. The van der Waals surface area contributed by atoms with E-state index >= 15 is 0 Å². The Hall–Kier alpha value is -1.22. The molecule has 0 spiro atoms. The Morgan fingerprint density at radius 3 is 1.81 bits per heavy atom. The van der Waals surface area contributed by atoms with Crippen molar-refractivity contribution < 1.29 is 59.0 Å². The van der Waals surface area contributed by atoms with Crippen molar-refractivity contribution >= 4 is 13.7 Å². The molecular formula is C34H64NO12P. The van der Waals surface area contributed by atoms with Crippen molar-refractivity contribution in [1.82, 2.24) is 5.32 Å². The minimum absolute atomic E-state index is 0.256. The molecule has 0 bridgehead atoms. The van der Waals surface area contributed by atoms with Gasteiger partial charge in [-0.3, -0.25) is 13.8 Å². The molecule has 1 amide bonds. The van der Waals surface area contributed by atoms with Gasteiger partial charge in [0.2, 0.25) is 5.91 Å². The highest BCUT2D eigenvalue weighted by atomic mass is 31.2. The molecule has 0 aromatic heterocycles. The highest BCUT2D eigenvalue weighted by Crippen LogP contribution is 2.47. The number of phosphoric acid groups is 1. The van der Waals surface area contributed by atoms with Crippen LogP contribution in [0.25, 0.3) is 0 Å². The average molecular weight is 710 g/mol. The molecule has 1 rings (SSSR count). The van der Waals surface area contributed by atoms with E-state index < -0.39 is 75.2 Å². The molecule has 0 aromatic rings. The molecular weight excluding hydrogens is 645 g/mol. The summed E-state index contributed by atoms with van der Waals surface area (Å²) in [6.45, 7) is 3.58. The number of rotatable bonds is 27. The standard InChI is InChI=1S/C34H64NO12P/c1-3-5-7-9-11-13-14-15-17-19-21-25(36)23-28(38)35-26(27(37)22-20-18-16-12-10-8-6-4-2)24-46-48(44,45)47-34-32(42)30(40)29(39)31(41)33(34)43/h11,13,20,22,25-27,29-34,36-37,39-43H,3-10,12,14-19,21,23-24H2,1-2H3,(H,35,38)(H,44,45)/b13-11-,22-20+. The largest absolute Gasteiger partial charge is 0.472 e. The minimum atomic E-state index is -5.12. The number of carbonyl (C=O) groups excluding carboxylic acids is 1. The molecule has 48 heavy (non-hydrogen) atoms. The number of carbonyl (C=O) groups is 1. The SMILES string of the molecule is CCCCC/C=C\CCCCCC(O)CC(=O)NC(COP(=O)(O)OC1C(O)C(O)C(O)C(O)C1O)C(O)/C=C/CCCCCCCC. The first-order valence-corrected chi connectivity index (χ1v) is 19.4. The quantitative estimate of drug-likeness (QED) is 0.0340. The zero-order chi connectivity index (χ0) is 36.0. The van der Waals surface area contributed by atoms with Gasteiger partial charge >= 0.3 is 7.82 Å². The Balaban J connectivity index is 2.71. The van der Waals surface area contributed by atoms with Crippen LogP contribution in [-0.4, -0.2) is 108 Å². The number of aliphatic hydroxyl groups excluding tert-OH is 7. The van der Waals surface area contributed by atoms with E-state index in [2.05, 4.69) is 31.3 Å². The Morgan fingerprint density at radius 2 is 1.21 bits per heavy atom. The maximum absolute atomic E-state index is 12.8. The zero-order valence-corrected chi connectivity index (χ0v) is 29.8. The second-order valence-corrected chi connectivity index (χ2v) is 14.3. The van der Waals surface area contributed by atoms with Gasteiger partial charge < -0.3 is 46.0 Å². The third-order valence-corrected chi connectivity index (χ3v) is 9.52. The Morgan fingerprint density at radius 1 is 0.729 bits per heavy atom. The van der Waals surface area contributed by atoms with Crippen LogP contribution in [0.3, 0.4) is 0 Å². The maximum atomic E-state index is 12.8. The normalized spacial score (nSPS) is 26.5. The van der Waals surface area contributed by atoms with Crippen LogP contribution in [0, 0.1) is 0 Å². The van der Waals surface area contributed by atoms with Crippen molar-refractivity contribution in [3.8, 4) is 0 Å². The van der Waals surface area contributed by atoms with Crippen molar-refractivity contribution in [1.29, 1.82) is 0 Å². The third-order valence-electron chi connectivity index (χ3n) is 8.53. The maximum Gasteiger partial charge on any atom is 0.472 e. The lowest BCUT2D eigenvalue weighted by Crippen LogP contribution is -2.64. The molecule has 282 valence electrons. The number of phosphoric ester groups is 1. The van der Waals surface area contributed by atoms with E-state index in [-0.39, 0.29) is 6.42 Å². The summed E-state index contributed by atoms with van der Waals surface area (Å²) >= 11 is 0. The van der Waals surface area contributed by atoms with E-state index in [1.165, 1.54) is 31.8 Å². The summed E-state index contributed by atoms with van der Waals surface area (Å²) in [7, 11) is -5.12. The predicted molar refractivity (Wildman–Crippen MR) is 183 cm³/mol. The van der Waals surface area contributed by atoms with Crippen LogP contribution >= 0.6 is 7.82 Å². The zero-order valence-electron chi connectivity index (χ0n) is 28.9. The number of nitrogens with one attached hydrogen (secondary N) is 1. The van der Waals surface area contributed by atoms with Crippen molar-refractivity contribution in [3.63, 3.8) is 0 Å². The van der Waals surface area contributed by atoms with E-state index in [1.54, 1.807) is 6.08 Å². The van der Waals surface area contributed by atoms with Gasteiger partial charge in [0.15, 0.2) is 0 Å². The molecule has 1 aliphatic carbocycles. The molecule has 13 nitrogen and oxygen atoms in total. The summed E-state index contributed by atoms with van der Waals surface area (Å²) < 4.78 is 22.6. The van der Waals surface area contributed by atoms with Crippen molar-refractivity contribution in [2.24, 2.45) is 0 Å². The molecule has 0 radical (unpaired) electrons. The van der Waals surface area contributed by atoms with Gasteiger partial charge in [-0.2, -0.15) is 0 Å². The first-order valence-electron chi connectivity index (χ1n) is 17.9. The molecule has 0 saturated heterocycles. The van der Waals surface area contributed by atoms with Crippen LogP contribution in [0.2, 0.25) is 0 Å². The molecule has 0 aliphatic heterocycles. The monoisotopic (exact) mass is 709 g/mol. The molecule has 1 fully saturated rings. The number of aliphatic hydroxyl groups is 7. The second kappa shape index (κ2) is 25.7. The topological polar surface area (TPSA) is 226 Å². The van der Waals surface area contributed by atoms with Gasteiger partial charge in [0.1, 0.15) is 36.6 Å². The first kappa shape index (κ1) is 44.8. The predicted octanol–water partition coefficient (Wildman–Crippen LogP) is 3.30. The number of hydrogen-bond donors (Lipinski definition) is 9. The van der Waals surface area contributed by atoms with E-state index in [4.69, 9.17) is 9.05 Å². The summed E-state index contributed by atoms with van der Waals surface area (Å²) in [5.74, 6) is -0.610. The summed E-state index contributed by atoms with van der Waals surface area (Å²) in [6.07, 6.45) is 9.01. The van der Waals surface area contributed by atoms with Gasteiger partial charge in [0, 0.05) is 0 Å². The van der Waals surface area contributed by atoms with E-state index in [0.717, 1.165) is 64.2 Å². The third kappa shape index (κ3) is 18.7. The highest BCUT2D eigenvalue weighted by molar-refractivity contribution is 7.47. The first-order chi connectivity index (χ1) is 22.8. The van der Waals surface area contributed by atoms with E-state index in [9.17, 15) is 50.0 Å². The minimum Gasteiger partial charge on any atom is -0.393 e. The van der Waals surface area contributed by atoms with Crippen LogP contribution < -0.4 is 5.32 Å². The van der Waals surface area contributed by atoms with Crippen LogP contribution in [0.15, 0.2) is 24.3 Å². The van der Waals surface area contributed by atoms with Crippen LogP contribution in [0.5, 0.6) is 0 Å². The highest BCUT2D eigenvalue weighted by Gasteiger charge is 2.51. The summed E-state index contributed by atoms with van der Waals surface area (Å²) in [5.41, 5.74) is 0. The lowest BCUT2D eigenvalue weighted by Gasteiger charge is -2.41. The van der Waals surface area contributed by atoms with Crippen LogP contribution in [-0.2, 0) is 18.4 Å². The summed E-state index contributed by atoms with van der Waals surface area (Å²) in [5, 5.41) is 73.6. The molecule has 1 aliphatic rings. The van der Waals surface area contributed by atoms with Gasteiger partial charge in [0.05, 0.1) is 31.3 Å². The van der Waals surface area contributed by atoms with Gasteiger partial charge in [-0.05, 0) is 44.9 Å². The second-order valence-electron chi connectivity index (χ2n) is 12.9. The molecule has 1 saturated carbocycles. The fraction of sp³-hybridized carbons (Fsp3) is 0.853. The van der Waals surface area contributed by atoms with Crippen molar-refractivity contribution in [2.75, 3.05) is 6.61 Å². The summed E-state index contributed by atoms with van der Waals surface area (Å²) in [6, 6.07) is -1.24. The van der Waals surface area contributed by atoms with E-state index in [1.807, 2.05) is 0 Å². The number of amides is 1. The smallest absolute Gasteiger partial charge is 0.393 e. The lowest BCUT2D eigenvalue weighted by molar-refractivity contribution is -0.220. The average Bonchev–Trinajstić information content (AvgIpc) is 3.05. The molecule has 9 N–H and O–H groups in total. The molecule has 0 aromatic carbocycles. The lowest BCUT2D eigenvalue weighted by atomic mass is 9.85. The van der Waals surface area contributed by atoms with Gasteiger partial charge in [-0.1, -0.05) is 95.9 Å².